The largest absolute Gasteiger partial charge is 0.473 e. The molecule has 2 amide bonds. The van der Waals surface area contributed by atoms with Crippen LogP contribution in [-0.4, -0.2) is 114 Å². The highest BCUT2D eigenvalue weighted by Gasteiger charge is 2.31. The van der Waals surface area contributed by atoms with Crippen LogP contribution in [0.1, 0.15) is 20.7 Å². The first-order valence-electron chi connectivity index (χ1n) is 29.6. The van der Waals surface area contributed by atoms with Gasteiger partial charge >= 0.3 is 0 Å². The van der Waals surface area contributed by atoms with E-state index in [1.54, 1.807) is 146 Å². The van der Waals surface area contributed by atoms with Gasteiger partial charge in [0.25, 0.3) is 23.8 Å². The Bertz CT molecular complexity index is 4170. The van der Waals surface area contributed by atoms with Gasteiger partial charge in [-0.2, -0.15) is 15.3 Å². The van der Waals surface area contributed by atoms with Crippen molar-refractivity contribution in [1.29, 1.82) is 0 Å². The Kier molecular flexibility index (Phi) is 30.5. The summed E-state index contributed by atoms with van der Waals surface area (Å²) in [7, 11) is 1.49. The van der Waals surface area contributed by atoms with Gasteiger partial charge in [0.1, 0.15) is 18.2 Å². The molecule has 0 saturated heterocycles. The van der Waals surface area contributed by atoms with Gasteiger partial charge in [0.15, 0.2) is 5.65 Å². The van der Waals surface area contributed by atoms with E-state index in [1.807, 2.05) is 204 Å². The van der Waals surface area contributed by atoms with Crippen molar-refractivity contribution in [1.82, 2.24) is 95.5 Å². The summed E-state index contributed by atoms with van der Waals surface area (Å²) in [5, 5.41) is 31.0. The number of benzene rings is 5. The van der Waals surface area contributed by atoms with Gasteiger partial charge in [-0.25, -0.2) is 34.3 Å². The molecule has 0 unspecified atom stereocenters. The number of imidazole rings is 2. The first-order chi connectivity index (χ1) is 48.5. The summed E-state index contributed by atoms with van der Waals surface area (Å²) in [5.41, 5.74) is 11.8. The number of nitrogens with zero attached hydrogens (tertiary/aromatic N) is 14. The number of pyridine rings is 4. The van der Waals surface area contributed by atoms with Crippen LogP contribution in [0.5, 0.6) is 0 Å². The van der Waals surface area contributed by atoms with Crippen LogP contribution in [0, 0.1) is 0 Å². The molecule has 26 heteroatoms. The van der Waals surface area contributed by atoms with E-state index in [2.05, 4.69) is 101 Å². The number of aromatic amines is 6. The van der Waals surface area contributed by atoms with Crippen LogP contribution >= 0.6 is 22.7 Å². The van der Waals surface area contributed by atoms with Gasteiger partial charge in [-0.3, -0.25) is 39.8 Å². The van der Waals surface area contributed by atoms with Gasteiger partial charge in [0, 0.05) is 95.5 Å². The molecule has 20 rings (SSSR count). The normalized spacial score (nSPS) is 10.1. The number of H-pyrrole nitrogens is 6. The Labute approximate surface area is 569 Å². The Morgan fingerprint density at radius 3 is 1.72 bits per heavy atom. The number of fused-ring (bicyclic) bond motifs is 7. The molecule has 1 aliphatic heterocycles. The molecule has 6 N–H and O–H groups in total. The zero-order chi connectivity index (χ0) is 68.0. The number of aromatic nitrogens is 19. The minimum atomic E-state index is -0.212. The fourth-order valence-corrected chi connectivity index (χ4v) is 8.84. The number of hydrogen-bond donors (Lipinski definition) is 6. The first-order valence-corrected chi connectivity index (χ1v) is 31.5. The number of carbonyl (C=O) groups excluding carboxylic acids is 2. The van der Waals surface area contributed by atoms with Crippen LogP contribution in [-0.2, 0) is 0 Å². The highest BCUT2D eigenvalue weighted by molar-refractivity contribution is 7.16. The molecule has 0 spiro atoms. The molecule has 15 heterocycles. The highest BCUT2D eigenvalue weighted by Crippen LogP contribution is 2.20. The van der Waals surface area contributed by atoms with Crippen molar-refractivity contribution in [2.75, 3.05) is 7.05 Å². The third-order valence-electron chi connectivity index (χ3n) is 12.4. The highest BCUT2D eigenvalue weighted by atomic mass is 32.1. The number of rotatable bonds is 0. The van der Waals surface area contributed by atoms with Crippen LogP contribution in [0.4, 0.5) is 0 Å². The molecule has 14 aromatic heterocycles. The monoisotopic (exact) mass is 1340 g/mol. The zero-order valence-corrected chi connectivity index (χ0v) is 54.2. The Balaban J connectivity index is 0.000000137. The van der Waals surface area contributed by atoms with Crippen LogP contribution in [0.3, 0.4) is 0 Å². The minimum Gasteiger partial charge on any atom is -0.473 e. The number of nitrogens with one attached hydrogen (secondary N) is 6. The molecule has 488 valence electrons. The van der Waals surface area contributed by atoms with E-state index in [0.29, 0.717) is 11.1 Å². The molecule has 98 heavy (non-hydrogen) atoms. The third kappa shape index (κ3) is 25.1. The van der Waals surface area contributed by atoms with Gasteiger partial charge < -0.3 is 18.8 Å². The number of hydrogen-bond acceptors (Lipinski definition) is 18. The lowest BCUT2D eigenvalue weighted by molar-refractivity contribution is -0.512. The third-order valence-corrected chi connectivity index (χ3v) is 13.7. The predicted octanol–water partition coefficient (Wildman–Crippen LogP) is 14.7. The number of carbonyl (C=O) groups is 2. The van der Waals surface area contributed by atoms with Crippen molar-refractivity contribution >= 4 is 94.3 Å². The summed E-state index contributed by atoms with van der Waals surface area (Å²) in [4.78, 5) is 60.6. The summed E-state index contributed by atoms with van der Waals surface area (Å²) < 4.78 is 12.9. The van der Waals surface area contributed by atoms with Crippen molar-refractivity contribution in [3.63, 3.8) is 0 Å². The fraction of sp³-hybridized carbons (Fsp3) is 0.0139. The zero-order valence-electron chi connectivity index (χ0n) is 52.5. The van der Waals surface area contributed by atoms with Gasteiger partial charge in [0.2, 0.25) is 0 Å². The Morgan fingerprint density at radius 1 is 0.469 bits per heavy atom. The standard InChI is InChI=1S/C9H7NO2.C8H6N2.C8H6O.2C7H6N2.C7H5NS.C6H5N3.C5H5N.C4H4O.2C3H4N2.C3H3NS.C2H3N3/c1-10-8(11)6-4-2-3-5-7(6)9(10)12;1-3-7-4-2-6-10-8(7)9-5-1;1-2-4-8-7(3-1)5-6-9-8;1-2-4-7-6(3-1)8-5-9-7;1-2-4-7-6(3-1)5-8-9-7;1-2-4-7-6(3-1)8-5-9-7;1-2-4-9-5-7-8-6(9)3-1;1-2-4-6-5-3-1;1-2-4-5-3-1;1-2-5-3-4-1;1-2-4-5-3-1;1-2-5-3-4-1;1-3-2-5-4-1/h2-5H,1H3;1-6H;1-6H;2*1-5H,(H,8,9);2*1-5H;1-5H;1-4H;2*1-3H,(H,4,5);1-3H;1-2H,(H,3,4,5)/p+1. The molecule has 0 radical (unpaired) electrons. The van der Waals surface area contributed by atoms with Crippen LogP contribution in [0.25, 0.3) is 59.8 Å². The van der Waals surface area contributed by atoms with Crippen LogP contribution in [0.15, 0.2) is 350 Å². The van der Waals surface area contributed by atoms with Gasteiger partial charge in [-0.15, -0.1) is 27.8 Å². The summed E-state index contributed by atoms with van der Waals surface area (Å²) in [6.07, 6.45) is 32.4. The fourth-order valence-electron chi connectivity index (χ4n) is 7.81. The lowest BCUT2D eigenvalue weighted by Gasteiger charge is -2.02. The van der Waals surface area contributed by atoms with E-state index in [0.717, 1.165) is 60.0 Å². The smallest absolute Gasteiger partial charge is 0.269 e. The lowest BCUT2D eigenvalue weighted by atomic mass is 10.1. The van der Waals surface area contributed by atoms with E-state index < -0.39 is 0 Å². The van der Waals surface area contributed by atoms with Crippen molar-refractivity contribution in [2.45, 2.75) is 0 Å². The first kappa shape index (κ1) is 70.3. The second-order valence-corrected chi connectivity index (χ2v) is 20.6. The minimum absolute atomic E-state index is 0.212. The molecular formula is C72H65N20O4S2+. The molecule has 0 atom stereocenters. The summed E-state index contributed by atoms with van der Waals surface area (Å²) in [6, 6.07) is 65.7. The maximum atomic E-state index is 11.3. The number of amides is 2. The van der Waals surface area contributed by atoms with Crippen molar-refractivity contribution in [3.05, 3.63) is 352 Å². The maximum Gasteiger partial charge on any atom is 0.269 e. The number of para-hydroxylation sites is 5. The summed E-state index contributed by atoms with van der Waals surface area (Å²) >= 11 is 3.28. The van der Waals surface area contributed by atoms with Crippen molar-refractivity contribution < 1.29 is 22.8 Å². The molecule has 0 bridgehead atoms. The van der Waals surface area contributed by atoms with E-state index in [1.165, 1.54) is 24.4 Å². The van der Waals surface area contributed by atoms with E-state index in [9.17, 15) is 9.59 Å². The Hall–Kier alpha value is -13.6. The second-order valence-electron chi connectivity index (χ2n) is 18.9. The molecule has 24 nitrogen and oxygen atoms in total. The number of furan rings is 2. The van der Waals surface area contributed by atoms with Crippen molar-refractivity contribution in [3.8, 4) is 0 Å². The molecule has 1 aliphatic rings. The molecular weight excluding hydrogens is 1270 g/mol. The van der Waals surface area contributed by atoms with Crippen LogP contribution in [0.2, 0.25) is 0 Å². The Morgan fingerprint density at radius 2 is 1.18 bits per heavy atom. The van der Waals surface area contributed by atoms with E-state index >= 15 is 0 Å². The lowest BCUT2D eigenvalue weighted by Crippen LogP contribution is -2.24. The quantitative estimate of drug-likeness (QED) is 0.0607. The summed E-state index contributed by atoms with van der Waals surface area (Å²) in [6.45, 7) is 0. The maximum absolute atomic E-state index is 11.3. The topological polar surface area (TPSA) is 317 Å². The van der Waals surface area contributed by atoms with Crippen LogP contribution < -0.4 is 4.40 Å². The molecule has 0 aliphatic carbocycles. The predicted molar refractivity (Wildman–Crippen MR) is 381 cm³/mol. The molecule has 5 aromatic carbocycles. The second kappa shape index (κ2) is 42.5. The van der Waals surface area contributed by atoms with Gasteiger partial charge in [-0.05, 0) is 115 Å². The average Bonchev–Trinajstić information content (AvgIpc) is 1.65. The average molecular weight is 1340 g/mol. The van der Waals surface area contributed by atoms with Gasteiger partial charge in [-0.1, -0.05) is 84.9 Å². The van der Waals surface area contributed by atoms with Crippen molar-refractivity contribution in [2.24, 2.45) is 0 Å². The molecule has 19 aromatic rings. The van der Waals surface area contributed by atoms with E-state index in [4.69, 9.17) is 4.42 Å². The van der Waals surface area contributed by atoms with Gasteiger partial charge in [0.05, 0.1) is 92.8 Å². The summed E-state index contributed by atoms with van der Waals surface area (Å²) in [5.74, 6) is -0.425. The molecule has 0 fully saturated rings. The number of imide groups is 1. The number of thiazole rings is 2. The van der Waals surface area contributed by atoms with E-state index in [-0.39, 0.29) is 11.8 Å². The SMILES string of the molecule is CN1C(=O)c2ccccc2C1=O.c1c[nH]cn1.c1cc[n+]2cn[nH]c2c1.c1ccc2[nH]cnc2c1.c1ccc2[nH]ncc2c1.c1ccc2occc2c1.c1ccc2scnc2c1.c1ccncc1.c1ccoc1.c1cn[nH]c1.c1cnc2ncccc2c1.c1cscn1.c1nc[nH]n1. The molecule has 0 saturated carbocycles.